The largest absolute Gasteiger partial charge is 0.465 e. The highest BCUT2D eigenvalue weighted by Gasteiger charge is 2.37. The lowest BCUT2D eigenvalue weighted by Gasteiger charge is -2.14. The molecule has 0 unspecified atom stereocenters. The molecule has 0 spiro atoms. The van der Waals surface area contributed by atoms with Crippen LogP contribution in [0, 0.1) is 11.3 Å². The van der Waals surface area contributed by atoms with Crippen molar-refractivity contribution in [1.82, 2.24) is 0 Å². The number of halogens is 4. The molecule has 0 saturated heterocycles. The van der Waals surface area contributed by atoms with E-state index in [1.807, 2.05) is 0 Å². The minimum absolute atomic E-state index is 0.00995. The number of carbonyl (C=O) groups excluding carboxylic acids is 1. The van der Waals surface area contributed by atoms with E-state index in [4.69, 9.17) is 5.26 Å². The molecule has 3 nitrogen and oxygen atoms in total. The van der Waals surface area contributed by atoms with E-state index >= 15 is 0 Å². The zero-order chi connectivity index (χ0) is 13.9. The first-order valence-electron chi connectivity index (χ1n) is 4.63. The molecule has 1 aromatic rings. The second-order valence-corrected chi connectivity index (χ2v) is 3.85. The third-order valence-electron chi connectivity index (χ3n) is 2.19. The molecule has 0 radical (unpaired) electrons. The molecule has 7 heteroatoms. The predicted octanol–water partition coefficient (Wildman–Crippen LogP) is 3.26. The van der Waals surface area contributed by atoms with Gasteiger partial charge in [-0.05, 0) is 17.7 Å². The molecule has 0 bridgehead atoms. The average molecular weight is 322 g/mol. The van der Waals surface area contributed by atoms with Gasteiger partial charge in [0.05, 0.1) is 29.9 Å². The molecular weight excluding hydrogens is 315 g/mol. The number of benzene rings is 1. The first kappa shape index (κ1) is 14.5. The van der Waals surface area contributed by atoms with Crippen molar-refractivity contribution in [2.75, 3.05) is 7.11 Å². The van der Waals surface area contributed by atoms with Gasteiger partial charge >= 0.3 is 12.1 Å². The van der Waals surface area contributed by atoms with Crippen LogP contribution in [0.4, 0.5) is 13.2 Å². The molecule has 0 aliphatic rings. The lowest BCUT2D eigenvalue weighted by molar-refractivity contribution is -0.138. The number of nitriles is 1. The van der Waals surface area contributed by atoms with Crippen LogP contribution in [0.15, 0.2) is 12.1 Å². The number of methoxy groups -OCH3 is 1. The number of alkyl halides is 4. The van der Waals surface area contributed by atoms with Gasteiger partial charge in [0.2, 0.25) is 0 Å². The zero-order valence-electron chi connectivity index (χ0n) is 9.14. The fourth-order valence-electron chi connectivity index (χ4n) is 1.44. The zero-order valence-corrected chi connectivity index (χ0v) is 10.7. The van der Waals surface area contributed by atoms with Gasteiger partial charge in [0.1, 0.15) is 0 Å². The molecule has 1 aromatic carbocycles. The van der Waals surface area contributed by atoms with E-state index in [0.717, 1.165) is 7.11 Å². The van der Waals surface area contributed by atoms with Crippen LogP contribution in [0.1, 0.15) is 27.0 Å². The molecule has 0 aromatic heterocycles. The third kappa shape index (κ3) is 2.82. The Hall–Kier alpha value is -1.55. The Balaban J connectivity index is 3.64. The Kier molecular flexibility index (Phi) is 4.35. The lowest BCUT2D eigenvalue weighted by Crippen LogP contribution is -2.17. The summed E-state index contributed by atoms with van der Waals surface area (Å²) in [6.07, 6.45) is -4.73. The Bertz CT molecular complexity index is 520. The molecular formula is C11H7BrF3NO2. The normalized spacial score (nSPS) is 10.9. The topological polar surface area (TPSA) is 50.1 Å². The Morgan fingerprint density at radius 3 is 2.50 bits per heavy atom. The summed E-state index contributed by atoms with van der Waals surface area (Å²) < 4.78 is 42.9. The average Bonchev–Trinajstić information content (AvgIpc) is 2.34. The van der Waals surface area contributed by atoms with E-state index < -0.39 is 23.3 Å². The summed E-state index contributed by atoms with van der Waals surface area (Å²) in [5, 5.41) is 8.70. The van der Waals surface area contributed by atoms with E-state index in [2.05, 4.69) is 20.7 Å². The van der Waals surface area contributed by atoms with Gasteiger partial charge in [-0.3, -0.25) is 0 Å². The van der Waals surface area contributed by atoms with E-state index in [1.54, 1.807) is 6.07 Å². The second kappa shape index (κ2) is 5.40. The van der Waals surface area contributed by atoms with Gasteiger partial charge in [-0.1, -0.05) is 15.9 Å². The van der Waals surface area contributed by atoms with Crippen molar-refractivity contribution in [1.29, 1.82) is 5.26 Å². The van der Waals surface area contributed by atoms with Gasteiger partial charge in [0, 0.05) is 5.33 Å². The van der Waals surface area contributed by atoms with Gasteiger partial charge < -0.3 is 4.74 Å². The molecule has 0 fully saturated rings. The van der Waals surface area contributed by atoms with Crippen molar-refractivity contribution in [2.45, 2.75) is 11.5 Å². The highest BCUT2D eigenvalue weighted by atomic mass is 79.9. The van der Waals surface area contributed by atoms with Crippen LogP contribution in [-0.2, 0) is 16.2 Å². The van der Waals surface area contributed by atoms with Crippen LogP contribution >= 0.6 is 15.9 Å². The molecule has 0 amide bonds. The molecule has 0 heterocycles. The Morgan fingerprint density at radius 2 is 2.11 bits per heavy atom. The number of ether oxygens (including phenoxy) is 1. The Labute approximate surface area is 109 Å². The fourth-order valence-corrected chi connectivity index (χ4v) is 1.88. The minimum atomic E-state index is -4.73. The van der Waals surface area contributed by atoms with Crippen molar-refractivity contribution in [3.8, 4) is 6.07 Å². The number of rotatable bonds is 2. The first-order chi connectivity index (χ1) is 8.35. The summed E-state index contributed by atoms with van der Waals surface area (Å²) in [6.45, 7) is 0. The molecule has 0 aliphatic carbocycles. The summed E-state index contributed by atoms with van der Waals surface area (Å²) in [6, 6.07) is 3.48. The van der Waals surface area contributed by atoms with Gasteiger partial charge in [0.15, 0.2) is 0 Å². The van der Waals surface area contributed by atoms with Crippen molar-refractivity contribution in [2.24, 2.45) is 0 Å². The highest BCUT2D eigenvalue weighted by Crippen LogP contribution is 2.35. The number of hydrogen-bond acceptors (Lipinski definition) is 3. The molecule has 1 rings (SSSR count). The quantitative estimate of drug-likeness (QED) is 0.620. The standard InChI is InChI=1S/C11H7BrF3NO2/c1-18-10(17)9-7(4-12)2-6(5-16)3-8(9)11(13,14)15/h2-3H,4H2,1H3. The summed E-state index contributed by atoms with van der Waals surface area (Å²) in [7, 11) is 0.999. The molecule has 96 valence electrons. The number of carbonyl (C=O) groups is 1. The monoisotopic (exact) mass is 321 g/mol. The summed E-state index contributed by atoms with van der Waals surface area (Å²) in [4.78, 5) is 11.4. The predicted molar refractivity (Wildman–Crippen MR) is 60.1 cm³/mol. The molecule has 0 aliphatic heterocycles. The first-order valence-corrected chi connectivity index (χ1v) is 5.75. The van der Waals surface area contributed by atoms with Gasteiger partial charge in [-0.15, -0.1) is 0 Å². The number of nitrogens with zero attached hydrogens (tertiary/aromatic N) is 1. The van der Waals surface area contributed by atoms with Gasteiger partial charge in [-0.25, -0.2) is 4.79 Å². The Morgan fingerprint density at radius 1 is 1.50 bits per heavy atom. The maximum absolute atomic E-state index is 12.8. The molecule has 0 saturated carbocycles. The third-order valence-corrected chi connectivity index (χ3v) is 2.79. The van der Waals surface area contributed by atoms with E-state index in [1.165, 1.54) is 6.07 Å². The number of hydrogen-bond donors (Lipinski definition) is 0. The fraction of sp³-hybridized carbons (Fsp3) is 0.273. The molecule has 18 heavy (non-hydrogen) atoms. The number of esters is 1. The van der Waals surface area contributed by atoms with Crippen molar-refractivity contribution in [3.05, 3.63) is 34.4 Å². The van der Waals surface area contributed by atoms with Gasteiger partial charge in [0.25, 0.3) is 0 Å². The summed E-state index contributed by atoms with van der Waals surface area (Å²) >= 11 is 2.99. The van der Waals surface area contributed by atoms with Crippen molar-refractivity contribution >= 4 is 21.9 Å². The van der Waals surface area contributed by atoms with Crippen LogP contribution in [0.3, 0.4) is 0 Å². The van der Waals surface area contributed by atoms with E-state index in [9.17, 15) is 18.0 Å². The van der Waals surface area contributed by atoms with Crippen LogP contribution in [0.5, 0.6) is 0 Å². The van der Waals surface area contributed by atoms with Crippen LogP contribution in [0.2, 0.25) is 0 Å². The summed E-state index contributed by atoms with van der Waals surface area (Å²) in [5.41, 5.74) is -1.83. The van der Waals surface area contributed by atoms with Crippen molar-refractivity contribution < 1.29 is 22.7 Å². The van der Waals surface area contributed by atoms with Crippen LogP contribution in [0.25, 0.3) is 0 Å². The maximum Gasteiger partial charge on any atom is 0.417 e. The van der Waals surface area contributed by atoms with E-state index in [-0.39, 0.29) is 16.5 Å². The van der Waals surface area contributed by atoms with Gasteiger partial charge in [-0.2, -0.15) is 18.4 Å². The van der Waals surface area contributed by atoms with Crippen LogP contribution in [-0.4, -0.2) is 13.1 Å². The maximum atomic E-state index is 12.8. The minimum Gasteiger partial charge on any atom is -0.465 e. The molecule has 0 N–H and O–H groups in total. The molecule has 0 atom stereocenters. The smallest absolute Gasteiger partial charge is 0.417 e. The SMILES string of the molecule is COC(=O)c1c(CBr)cc(C#N)cc1C(F)(F)F. The second-order valence-electron chi connectivity index (χ2n) is 3.29. The van der Waals surface area contributed by atoms with Crippen LogP contribution < -0.4 is 0 Å². The lowest BCUT2D eigenvalue weighted by atomic mass is 9.98. The van der Waals surface area contributed by atoms with E-state index in [0.29, 0.717) is 6.07 Å². The summed E-state index contributed by atoms with van der Waals surface area (Å²) in [5.74, 6) is -1.08. The highest BCUT2D eigenvalue weighted by molar-refractivity contribution is 9.08. The van der Waals surface area contributed by atoms with Crippen molar-refractivity contribution in [3.63, 3.8) is 0 Å².